The molecule has 0 spiro atoms. The molecule has 1 N–H and O–H groups in total. The number of carbonyl (C=O) groups is 3. The summed E-state index contributed by atoms with van der Waals surface area (Å²) in [5.74, 6) is 0.602. The van der Waals surface area contributed by atoms with Crippen molar-refractivity contribution in [3.8, 4) is 0 Å². The van der Waals surface area contributed by atoms with Crippen molar-refractivity contribution >= 4 is 17.6 Å². The number of aryl methyl sites for hydroxylation is 1. The first-order valence-electron chi connectivity index (χ1n) is 9.49. The van der Waals surface area contributed by atoms with Crippen molar-refractivity contribution in [3.63, 3.8) is 0 Å². The van der Waals surface area contributed by atoms with Gasteiger partial charge >= 0.3 is 0 Å². The predicted octanol–water partition coefficient (Wildman–Crippen LogP) is 3.73. The number of nitrogens with one attached hydrogen (secondary N) is 1. The Morgan fingerprint density at radius 3 is 2.22 bits per heavy atom. The fourth-order valence-corrected chi connectivity index (χ4v) is 3.34. The highest BCUT2D eigenvalue weighted by Gasteiger charge is 2.35. The molecule has 0 heterocycles. The Bertz CT molecular complexity index is 693. The second kappa shape index (κ2) is 9.67. The summed E-state index contributed by atoms with van der Waals surface area (Å²) >= 11 is 0. The van der Waals surface area contributed by atoms with E-state index in [4.69, 9.17) is 0 Å². The molecule has 1 saturated carbocycles. The number of Topliss-reactive ketones (excluding diaryl/α,β-unsaturated/α-hetero) is 1. The summed E-state index contributed by atoms with van der Waals surface area (Å²) in [5, 5.41) is 2.73. The predicted molar refractivity (Wildman–Crippen MR) is 109 cm³/mol. The van der Waals surface area contributed by atoms with Crippen LogP contribution in [-0.4, -0.2) is 36.6 Å². The fraction of sp³-hybridized carbons (Fsp3) is 0.591. The molecule has 0 aromatic heterocycles. The van der Waals surface area contributed by atoms with Crippen molar-refractivity contribution in [1.29, 1.82) is 0 Å². The summed E-state index contributed by atoms with van der Waals surface area (Å²) in [5.41, 5.74) is 3.15. The zero-order valence-corrected chi connectivity index (χ0v) is 17.8. The van der Waals surface area contributed by atoms with Crippen molar-refractivity contribution in [2.75, 3.05) is 14.1 Å². The van der Waals surface area contributed by atoms with E-state index in [1.165, 1.54) is 13.3 Å². The molecule has 0 bridgehead atoms. The van der Waals surface area contributed by atoms with Crippen LogP contribution in [0.1, 0.15) is 68.4 Å². The summed E-state index contributed by atoms with van der Waals surface area (Å²) in [6.07, 6.45) is 3.32. The molecule has 1 aliphatic carbocycles. The normalized spacial score (nSPS) is 17.5. The maximum Gasteiger partial charge on any atom is 0.225 e. The van der Waals surface area contributed by atoms with Crippen LogP contribution < -0.4 is 5.32 Å². The van der Waals surface area contributed by atoms with Crippen molar-refractivity contribution < 1.29 is 14.4 Å². The van der Waals surface area contributed by atoms with Gasteiger partial charge < -0.3 is 10.2 Å². The van der Waals surface area contributed by atoms with Gasteiger partial charge in [0.25, 0.3) is 0 Å². The summed E-state index contributed by atoms with van der Waals surface area (Å²) in [6, 6.07) is 5.51. The van der Waals surface area contributed by atoms with Crippen LogP contribution in [0.3, 0.4) is 0 Å². The molecular weight excluding hydrogens is 340 g/mol. The molecule has 1 aromatic rings. The minimum Gasteiger partial charge on any atom is -0.352 e. The molecular formula is C22H34N2O3. The lowest BCUT2D eigenvalue weighted by Gasteiger charge is -2.19. The monoisotopic (exact) mass is 374 g/mol. The van der Waals surface area contributed by atoms with E-state index >= 15 is 0 Å². The van der Waals surface area contributed by atoms with E-state index in [1.807, 2.05) is 33.2 Å². The maximum absolute atomic E-state index is 11.6. The average Bonchev–Trinajstić information content (AvgIpc) is 2.93. The number of carbonyl (C=O) groups excluding carboxylic acids is 3. The van der Waals surface area contributed by atoms with Crippen LogP contribution in [0, 0.1) is 18.3 Å². The van der Waals surface area contributed by atoms with E-state index < -0.39 is 0 Å². The fourth-order valence-electron chi connectivity index (χ4n) is 3.34. The van der Waals surface area contributed by atoms with E-state index in [2.05, 4.69) is 19.2 Å². The molecule has 2 amide bonds. The summed E-state index contributed by atoms with van der Waals surface area (Å²) in [6.45, 7) is 9.97. The summed E-state index contributed by atoms with van der Waals surface area (Å²) < 4.78 is 0. The Balaban J connectivity index is 0.000000277. The van der Waals surface area contributed by atoms with Gasteiger partial charge in [-0.15, -0.1) is 0 Å². The third-order valence-electron chi connectivity index (χ3n) is 5.04. The molecule has 5 nitrogen and oxygen atoms in total. The Hall–Kier alpha value is -2.17. The molecule has 27 heavy (non-hydrogen) atoms. The number of rotatable bonds is 4. The molecule has 1 atom stereocenters. The van der Waals surface area contributed by atoms with Gasteiger partial charge in [0.15, 0.2) is 5.78 Å². The Labute approximate surface area is 163 Å². The highest BCUT2D eigenvalue weighted by Crippen LogP contribution is 2.41. The number of benzene rings is 1. The molecule has 150 valence electrons. The second-order valence-electron chi connectivity index (χ2n) is 8.44. The van der Waals surface area contributed by atoms with Crippen LogP contribution in [0.25, 0.3) is 0 Å². The van der Waals surface area contributed by atoms with Crippen LogP contribution in [0.15, 0.2) is 18.2 Å². The Morgan fingerprint density at radius 1 is 1.19 bits per heavy atom. The van der Waals surface area contributed by atoms with Gasteiger partial charge in [-0.2, -0.15) is 0 Å². The second-order valence-corrected chi connectivity index (χ2v) is 8.44. The third kappa shape index (κ3) is 7.53. The van der Waals surface area contributed by atoms with Gasteiger partial charge in [-0.25, -0.2) is 0 Å². The molecule has 1 aromatic carbocycles. The molecule has 0 aliphatic heterocycles. The summed E-state index contributed by atoms with van der Waals surface area (Å²) in [4.78, 5) is 35.1. The van der Waals surface area contributed by atoms with Crippen LogP contribution in [0.5, 0.6) is 0 Å². The van der Waals surface area contributed by atoms with Crippen molar-refractivity contribution in [2.45, 2.75) is 60.4 Å². The average molecular weight is 375 g/mol. The first kappa shape index (κ1) is 22.9. The van der Waals surface area contributed by atoms with Crippen LogP contribution in [0.4, 0.5) is 0 Å². The highest BCUT2D eigenvalue weighted by atomic mass is 16.2. The lowest BCUT2D eigenvalue weighted by molar-refractivity contribution is -0.133. The molecule has 0 unspecified atom stereocenters. The third-order valence-corrected chi connectivity index (χ3v) is 5.04. The quantitative estimate of drug-likeness (QED) is 0.817. The SMILES string of the molecule is CC(=O)NCc1ccc(C(C)=O)cc1C.CN(C)C(=O)[C@H]1CCC(C)(C)C1. The Morgan fingerprint density at radius 2 is 1.81 bits per heavy atom. The number of hydrogen-bond donors (Lipinski definition) is 1. The maximum atomic E-state index is 11.6. The number of ketones is 1. The molecule has 5 heteroatoms. The van der Waals surface area contributed by atoms with Crippen molar-refractivity contribution in [2.24, 2.45) is 11.3 Å². The van der Waals surface area contributed by atoms with Gasteiger partial charge in [0, 0.05) is 39.0 Å². The van der Waals surface area contributed by atoms with E-state index in [1.54, 1.807) is 17.9 Å². The van der Waals surface area contributed by atoms with Crippen molar-refractivity contribution in [1.82, 2.24) is 10.2 Å². The highest BCUT2D eigenvalue weighted by molar-refractivity contribution is 5.94. The smallest absolute Gasteiger partial charge is 0.225 e. The topological polar surface area (TPSA) is 66.5 Å². The van der Waals surface area contributed by atoms with Gasteiger partial charge in [0.2, 0.25) is 11.8 Å². The zero-order valence-electron chi connectivity index (χ0n) is 17.8. The molecule has 0 saturated heterocycles. The van der Waals surface area contributed by atoms with Gasteiger partial charge in [-0.1, -0.05) is 26.0 Å². The number of amides is 2. The van der Waals surface area contributed by atoms with Gasteiger partial charge in [0.1, 0.15) is 0 Å². The first-order chi connectivity index (χ1) is 12.4. The minimum atomic E-state index is -0.0509. The van der Waals surface area contributed by atoms with Crippen molar-refractivity contribution in [3.05, 3.63) is 34.9 Å². The number of hydrogen-bond acceptors (Lipinski definition) is 3. The first-order valence-corrected chi connectivity index (χ1v) is 9.49. The van der Waals surface area contributed by atoms with Crippen LogP contribution in [0.2, 0.25) is 0 Å². The molecule has 1 fully saturated rings. The number of nitrogens with zero attached hydrogens (tertiary/aromatic N) is 1. The summed E-state index contributed by atoms with van der Waals surface area (Å²) in [7, 11) is 3.68. The molecule has 0 radical (unpaired) electrons. The Kier molecular flexibility index (Phi) is 8.20. The standard InChI is InChI=1S/C12H15NO2.C10H19NO/c1-8-6-11(9(2)14)4-5-12(8)7-13-10(3)15;1-10(2)6-5-8(7-10)9(12)11(3)4/h4-6H,7H2,1-3H3,(H,13,15);8H,5-7H2,1-4H3/t;8-/m.0/s1. The minimum absolute atomic E-state index is 0.0509. The van der Waals surface area contributed by atoms with E-state index in [9.17, 15) is 14.4 Å². The van der Waals surface area contributed by atoms with E-state index in [-0.39, 0.29) is 17.6 Å². The van der Waals surface area contributed by atoms with Gasteiger partial charge in [-0.3, -0.25) is 14.4 Å². The molecule has 2 rings (SSSR count). The van der Waals surface area contributed by atoms with Crippen LogP contribution in [-0.2, 0) is 16.1 Å². The van der Waals surface area contributed by atoms with E-state index in [0.29, 0.717) is 23.4 Å². The van der Waals surface area contributed by atoms with Gasteiger partial charge in [-0.05, 0) is 55.7 Å². The van der Waals surface area contributed by atoms with E-state index in [0.717, 1.165) is 24.0 Å². The zero-order chi connectivity index (χ0) is 20.8. The van der Waals surface area contributed by atoms with Crippen LogP contribution >= 0.6 is 0 Å². The lowest BCUT2D eigenvalue weighted by Crippen LogP contribution is -2.28. The van der Waals surface area contributed by atoms with Gasteiger partial charge in [0.05, 0.1) is 0 Å². The lowest BCUT2D eigenvalue weighted by atomic mass is 9.90. The molecule has 1 aliphatic rings. The largest absolute Gasteiger partial charge is 0.352 e.